The summed E-state index contributed by atoms with van der Waals surface area (Å²) in [4.78, 5) is 20.6. The number of thiophene rings is 1. The fourth-order valence-corrected chi connectivity index (χ4v) is 4.88. The van der Waals surface area contributed by atoms with E-state index in [-0.39, 0.29) is 23.7 Å². The molecule has 7 nitrogen and oxygen atoms in total. The zero-order chi connectivity index (χ0) is 24.3. The molecule has 1 atom stereocenters. The van der Waals surface area contributed by atoms with Crippen molar-refractivity contribution < 1.29 is 22.7 Å². The van der Waals surface area contributed by atoms with Gasteiger partial charge < -0.3 is 10.1 Å². The Hall–Kier alpha value is -2.76. The zero-order valence-electron chi connectivity index (χ0n) is 18.9. The highest BCUT2D eigenvalue weighted by Crippen LogP contribution is 2.30. The van der Waals surface area contributed by atoms with Gasteiger partial charge in [0.2, 0.25) is 0 Å². The minimum atomic E-state index is -4.47. The number of alkyl halides is 3. The summed E-state index contributed by atoms with van der Waals surface area (Å²) in [6, 6.07) is 6.30. The van der Waals surface area contributed by atoms with Gasteiger partial charge in [-0.1, -0.05) is 19.9 Å². The first-order valence-electron chi connectivity index (χ1n) is 11.0. The van der Waals surface area contributed by atoms with E-state index in [1.54, 1.807) is 11.3 Å². The largest absolute Gasteiger partial charge is 0.417 e. The van der Waals surface area contributed by atoms with Crippen LogP contribution in [0, 0.1) is 0 Å². The quantitative estimate of drug-likeness (QED) is 0.532. The monoisotopic (exact) mass is 493 g/mol. The number of nitrogens with zero attached hydrogens (tertiary/aromatic N) is 4. The predicted octanol–water partition coefficient (Wildman–Crippen LogP) is 4.27. The van der Waals surface area contributed by atoms with E-state index in [9.17, 15) is 18.0 Å². The first-order chi connectivity index (χ1) is 16.3. The molecule has 0 bridgehead atoms. The van der Waals surface area contributed by atoms with Crippen molar-refractivity contribution >= 4 is 17.2 Å². The van der Waals surface area contributed by atoms with Crippen LogP contribution >= 0.6 is 11.3 Å². The number of hydrogen-bond acceptors (Lipinski definition) is 6. The molecule has 0 saturated carbocycles. The lowest BCUT2D eigenvalue weighted by atomic mass is 10.0. The fourth-order valence-electron chi connectivity index (χ4n) is 4.01. The van der Waals surface area contributed by atoms with Crippen LogP contribution in [0.2, 0.25) is 0 Å². The molecular formula is C23H26F3N5O2S. The van der Waals surface area contributed by atoms with Crippen LogP contribution in [-0.4, -0.2) is 58.4 Å². The molecule has 4 rings (SSSR count). The van der Waals surface area contributed by atoms with E-state index >= 15 is 0 Å². The Morgan fingerprint density at radius 1 is 1.21 bits per heavy atom. The minimum absolute atomic E-state index is 0.0296. The van der Waals surface area contributed by atoms with Gasteiger partial charge in [-0.2, -0.15) is 18.3 Å². The van der Waals surface area contributed by atoms with Crippen molar-refractivity contribution in [2.75, 3.05) is 32.8 Å². The Bertz CT molecular complexity index is 1090. The van der Waals surface area contributed by atoms with E-state index in [0.717, 1.165) is 30.2 Å². The maximum atomic E-state index is 13.2. The molecule has 1 fully saturated rings. The van der Waals surface area contributed by atoms with Crippen molar-refractivity contribution in [3.63, 3.8) is 0 Å². The molecule has 1 aliphatic rings. The summed E-state index contributed by atoms with van der Waals surface area (Å²) in [5, 5.41) is 9.33. The number of aromatic nitrogens is 3. The molecule has 1 amide bonds. The second kappa shape index (κ2) is 10.2. The number of nitrogens with one attached hydrogen (secondary N) is 1. The van der Waals surface area contributed by atoms with Crippen molar-refractivity contribution in [2.24, 2.45) is 0 Å². The molecule has 34 heavy (non-hydrogen) atoms. The summed E-state index contributed by atoms with van der Waals surface area (Å²) in [5.74, 6) is -0.170. The SMILES string of the molecule is CC(C)c1c(C(=O)NCC(c2cccs2)N2CCOCC2)cnn1-c1ccc(C(F)(F)F)cn1. The van der Waals surface area contributed by atoms with Crippen LogP contribution in [-0.2, 0) is 10.9 Å². The smallest absolute Gasteiger partial charge is 0.379 e. The number of carbonyl (C=O) groups is 1. The summed E-state index contributed by atoms with van der Waals surface area (Å²) >= 11 is 1.65. The Balaban J connectivity index is 1.54. The first kappa shape index (κ1) is 24.4. The van der Waals surface area contributed by atoms with Gasteiger partial charge in [-0.3, -0.25) is 9.69 Å². The van der Waals surface area contributed by atoms with E-state index < -0.39 is 11.7 Å². The Kier molecular flexibility index (Phi) is 7.34. The summed E-state index contributed by atoms with van der Waals surface area (Å²) in [6.07, 6.45) is -2.26. The number of hydrogen-bond donors (Lipinski definition) is 1. The van der Waals surface area contributed by atoms with E-state index in [1.807, 2.05) is 25.3 Å². The highest BCUT2D eigenvalue weighted by atomic mass is 32.1. The normalized spacial score (nSPS) is 16.1. The lowest BCUT2D eigenvalue weighted by Gasteiger charge is -2.34. The second-order valence-corrected chi connectivity index (χ2v) is 9.28. The molecule has 1 aliphatic heterocycles. The van der Waals surface area contributed by atoms with E-state index in [0.29, 0.717) is 31.0 Å². The van der Waals surface area contributed by atoms with Gasteiger partial charge in [0.1, 0.15) is 0 Å². The maximum Gasteiger partial charge on any atom is 0.417 e. The fraction of sp³-hybridized carbons (Fsp3) is 0.435. The Morgan fingerprint density at radius 2 is 1.97 bits per heavy atom. The molecule has 1 saturated heterocycles. The number of carbonyl (C=O) groups excluding carboxylic acids is 1. The minimum Gasteiger partial charge on any atom is -0.379 e. The summed E-state index contributed by atoms with van der Waals surface area (Å²) in [6.45, 7) is 7.09. The molecule has 3 aromatic rings. The van der Waals surface area contributed by atoms with Gasteiger partial charge in [0.15, 0.2) is 5.82 Å². The highest BCUT2D eigenvalue weighted by Gasteiger charge is 2.31. The van der Waals surface area contributed by atoms with Crippen LogP contribution in [0.3, 0.4) is 0 Å². The second-order valence-electron chi connectivity index (χ2n) is 8.30. The van der Waals surface area contributed by atoms with Gasteiger partial charge in [0.05, 0.1) is 42.3 Å². The summed E-state index contributed by atoms with van der Waals surface area (Å²) in [7, 11) is 0. The molecule has 1 unspecified atom stereocenters. The first-order valence-corrected chi connectivity index (χ1v) is 11.9. The molecule has 0 aromatic carbocycles. The number of pyridine rings is 1. The number of morpholine rings is 1. The van der Waals surface area contributed by atoms with E-state index in [2.05, 4.69) is 26.4 Å². The zero-order valence-corrected chi connectivity index (χ0v) is 19.7. The van der Waals surface area contributed by atoms with Gasteiger partial charge in [-0.25, -0.2) is 9.67 Å². The van der Waals surface area contributed by atoms with Crippen molar-refractivity contribution in [1.82, 2.24) is 25.0 Å². The molecule has 0 radical (unpaired) electrons. The van der Waals surface area contributed by atoms with Gasteiger partial charge >= 0.3 is 6.18 Å². The lowest BCUT2D eigenvalue weighted by Crippen LogP contribution is -2.43. The molecular weight excluding hydrogens is 467 g/mol. The molecule has 0 aliphatic carbocycles. The molecule has 4 heterocycles. The van der Waals surface area contributed by atoms with Gasteiger partial charge in [0.25, 0.3) is 5.91 Å². The van der Waals surface area contributed by atoms with Gasteiger partial charge in [0, 0.05) is 30.7 Å². The van der Waals surface area contributed by atoms with Crippen LogP contribution in [0.25, 0.3) is 5.82 Å². The standard InChI is InChI=1S/C23H26F3N5O2S/c1-15(2)21-17(13-29-31(21)20-6-5-16(12-27-20)23(24,25)26)22(32)28-14-18(19-4-3-11-34-19)30-7-9-33-10-8-30/h3-6,11-13,15,18H,7-10,14H2,1-2H3,(H,28,32). The third kappa shape index (κ3) is 5.31. The third-order valence-electron chi connectivity index (χ3n) is 5.70. The van der Waals surface area contributed by atoms with Gasteiger partial charge in [-0.05, 0) is 29.5 Å². The van der Waals surface area contributed by atoms with Crippen LogP contribution in [0.15, 0.2) is 42.0 Å². The van der Waals surface area contributed by atoms with Crippen molar-refractivity contribution in [3.05, 3.63) is 63.7 Å². The molecule has 0 spiro atoms. The Labute approximate surface area is 199 Å². The average molecular weight is 494 g/mol. The van der Waals surface area contributed by atoms with Crippen molar-refractivity contribution in [3.8, 4) is 5.82 Å². The van der Waals surface area contributed by atoms with Crippen LogP contribution < -0.4 is 5.32 Å². The molecule has 3 aromatic heterocycles. The highest BCUT2D eigenvalue weighted by molar-refractivity contribution is 7.10. The number of halogens is 3. The molecule has 11 heteroatoms. The van der Waals surface area contributed by atoms with Crippen LogP contribution in [0.5, 0.6) is 0 Å². The Morgan fingerprint density at radius 3 is 2.56 bits per heavy atom. The molecule has 182 valence electrons. The molecule has 1 N–H and O–H groups in total. The maximum absolute atomic E-state index is 13.2. The number of rotatable bonds is 7. The van der Waals surface area contributed by atoms with Crippen molar-refractivity contribution in [2.45, 2.75) is 32.0 Å². The predicted molar refractivity (Wildman–Crippen MR) is 122 cm³/mol. The topological polar surface area (TPSA) is 72.3 Å². The number of ether oxygens (including phenoxy) is 1. The average Bonchev–Trinajstić information content (AvgIpc) is 3.50. The summed E-state index contributed by atoms with van der Waals surface area (Å²) < 4.78 is 45.6. The van der Waals surface area contributed by atoms with E-state index in [1.165, 1.54) is 16.9 Å². The summed E-state index contributed by atoms with van der Waals surface area (Å²) in [5.41, 5.74) is 0.127. The van der Waals surface area contributed by atoms with Crippen LogP contribution in [0.4, 0.5) is 13.2 Å². The van der Waals surface area contributed by atoms with Crippen molar-refractivity contribution in [1.29, 1.82) is 0 Å². The van der Waals surface area contributed by atoms with Crippen LogP contribution in [0.1, 0.15) is 52.3 Å². The van der Waals surface area contributed by atoms with E-state index in [4.69, 9.17) is 4.74 Å². The lowest BCUT2D eigenvalue weighted by molar-refractivity contribution is -0.137. The third-order valence-corrected chi connectivity index (χ3v) is 6.68. The number of amides is 1. The van der Waals surface area contributed by atoms with Gasteiger partial charge in [-0.15, -0.1) is 11.3 Å².